The topological polar surface area (TPSA) is 68.9 Å². The van der Waals surface area contributed by atoms with Crippen molar-refractivity contribution in [3.8, 4) is 11.3 Å². The maximum absolute atomic E-state index is 10.7. The molecule has 0 aliphatic carbocycles. The van der Waals surface area contributed by atoms with E-state index in [0.717, 1.165) is 22.2 Å². The number of fused-ring (bicyclic) bond motifs is 1. The fourth-order valence-corrected chi connectivity index (χ4v) is 2.10. The number of hydrogen-bond acceptors (Lipinski definition) is 4. The van der Waals surface area contributed by atoms with Crippen LogP contribution in [0.3, 0.4) is 0 Å². The molecule has 0 aliphatic rings. The molecule has 98 valence electrons. The zero-order valence-electron chi connectivity index (χ0n) is 10.8. The molecule has 0 bridgehead atoms. The van der Waals surface area contributed by atoms with Gasteiger partial charge in [-0.15, -0.1) is 0 Å². The Balaban J connectivity index is 2.18. The van der Waals surface area contributed by atoms with Gasteiger partial charge in [-0.25, -0.2) is 4.98 Å². The second-order valence-electron chi connectivity index (χ2n) is 4.49. The first-order valence-electron chi connectivity index (χ1n) is 6.12. The summed E-state index contributed by atoms with van der Waals surface area (Å²) < 4.78 is 0. The monoisotopic (exact) mass is 265 g/mol. The molecule has 5 heteroatoms. The molecule has 0 aliphatic heterocycles. The van der Waals surface area contributed by atoms with Gasteiger partial charge in [0.25, 0.3) is 5.69 Å². The van der Waals surface area contributed by atoms with Crippen molar-refractivity contribution >= 4 is 16.6 Å². The standard InChI is InChI=1S/C15H11N3O2/c1-10-5-6-11-3-2-4-13(15(11)17-10)14-8-7-12(9-16-14)18(19)20/h2-9H,1H3. The summed E-state index contributed by atoms with van der Waals surface area (Å²) in [5.41, 5.74) is 3.32. The molecule has 0 N–H and O–H groups in total. The summed E-state index contributed by atoms with van der Waals surface area (Å²) in [7, 11) is 0. The van der Waals surface area contributed by atoms with Crippen molar-refractivity contribution < 1.29 is 4.92 Å². The molecule has 20 heavy (non-hydrogen) atoms. The lowest BCUT2D eigenvalue weighted by Crippen LogP contribution is -1.92. The summed E-state index contributed by atoms with van der Waals surface area (Å²) in [4.78, 5) is 18.9. The van der Waals surface area contributed by atoms with Gasteiger partial charge in [0.1, 0.15) is 6.20 Å². The van der Waals surface area contributed by atoms with Gasteiger partial charge in [-0.05, 0) is 19.1 Å². The number of benzene rings is 1. The number of nitrogens with zero attached hydrogens (tertiary/aromatic N) is 3. The first-order chi connectivity index (χ1) is 9.65. The minimum atomic E-state index is -0.456. The minimum absolute atomic E-state index is 0.0156. The zero-order valence-corrected chi connectivity index (χ0v) is 10.8. The first-order valence-corrected chi connectivity index (χ1v) is 6.12. The van der Waals surface area contributed by atoms with Gasteiger partial charge in [0.15, 0.2) is 0 Å². The van der Waals surface area contributed by atoms with Gasteiger partial charge in [-0.3, -0.25) is 15.1 Å². The molecule has 0 fully saturated rings. The molecular formula is C15H11N3O2. The lowest BCUT2D eigenvalue weighted by molar-refractivity contribution is -0.385. The van der Waals surface area contributed by atoms with Crippen LogP contribution in [0.25, 0.3) is 22.2 Å². The Bertz CT molecular complexity index is 798. The summed E-state index contributed by atoms with van der Waals surface area (Å²) in [5, 5.41) is 11.7. The molecule has 2 aromatic heterocycles. The van der Waals surface area contributed by atoms with Gasteiger partial charge in [-0.2, -0.15) is 0 Å². The van der Waals surface area contributed by atoms with Crippen LogP contribution in [0.5, 0.6) is 0 Å². The lowest BCUT2D eigenvalue weighted by Gasteiger charge is -2.06. The van der Waals surface area contributed by atoms with E-state index in [-0.39, 0.29) is 5.69 Å². The van der Waals surface area contributed by atoms with Crippen molar-refractivity contribution in [2.24, 2.45) is 0 Å². The predicted molar refractivity (Wildman–Crippen MR) is 76.4 cm³/mol. The maximum Gasteiger partial charge on any atom is 0.287 e. The summed E-state index contributed by atoms with van der Waals surface area (Å²) in [6.07, 6.45) is 1.27. The molecule has 0 atom stereocenters. The maximum atomic E-state index is 10.7. The summed E-state index contributed by atoms with van der Waals surface area (Å²) in [6.45, 7) is 1.93. The van der Waals surface area contributed by atoms with Crippen molar-refractivity contribution in [1.82, 2.24) is 9.97 Å². The van der Waals surface area contributed by atoms with Gasteiger partial charge < -0.3 is 0 Å². The highest BCUT2D eigenvalue weighted by Gasteiger charge is 2.09. The lowest BCUT2D eigenvalue weighted by atomic mass is 10.1. The number of pyridine rings is 2. The number of rotatable bonds is 2. The van der Waals surface area contributed by atoms with Gasteiger partial charge >= 0.3 is 0 Å². The average Bonchev–Trinajstić information content (AvgIpc) is 2.46. The van der Waals surface area contributed by atoms with Crippen LogP contribution in [-0.2, 0) is 0 Å². The number of aryl methyl sites for hydroxylation is 1. The highest BCUT2D eigenvalue weighted by atomic mass is 16.6. The molecule has 3 rings (SSSR count). The van der Waals surface area contributed by atoms with Gasteiger partial charge in [0.2, 0.25) is 0 Å². The summed E-state index contributed by atoms with van der Waals surface area (Å²) in [5.74, 6) is 0. The normalized spacial score (nSPS) is 10.7. The molecular weight excluding hydrogens is 254 g/mol. The number of nitro groups is 1. The van der Waals surface area contributed by atoms with Crippen LogP contribution in [-0.4, -0.2) is 14.9 Å². The fourth-order valence-electron chi connectivity index (χ4n) is 2.10. The van der Waals surface area contributed by atoms with Crippen LogP contribution in [0.1, 0.15) is 5.69 Å². The van der Waals surface area contributed by atoms with Crippen LogP contribution in [0.2, 0.25) is 0 Å². The molecule has 5 nitrogen and oxygen atoms in total. The molecule has 3 aromatic rings. The average molecular weight is 265 g/mol. The SMILES string of the molecule is Cc1ccc2cccc(-c3ccc([N+](=O)[O-])cn3)c2n1. The summed E-state index contributed by atoms with van der Waals surface area (Å²) in [6, 6.07) is 12.9. The van der Waals surface area contributed by atoms with Crippen LogP contribution in [0.15, 0.2) is 48.7 Å². The van der Waals surface area contributed by atoms with Crippen LogP contribution in [0, 0.1) is 17.0 Å². The van der Waals surface area contributed by atoms with Crippen LogP contribution < -0.4 is 0 Å². The van der Waals surface area contributed by atoms with Gasteiger partial charge in [0.05, 0.1) is 16.1 Å². The van der Waals surface area contributed by atoms with Crippen LogP contribution in [0.4, 0.5) is 5.69 Å². The van der Waals surface area contributed by atoms with E-state index in [4.69, 9.17) is 0 Å². The molecule has 0 unspecified atom stereocenters. The molecule has 1 aromatic carbocycles. The van der Waals surface area contributed by atoms with E-state index in [9.17, 15) is 10.1 Å². The molecule has 0 amide bonds. The smallest absolute Gasteiger partial charge is 0.258 e. The number of para-hydroxylation sites is 1. The largest absolute Gasteiger partial charge is 0.287 e. The molecule has 0 spiro atoms. The first kappa shape index (κ1) is 12.2. The Labute approximate surface area is 115 Å². The Morgan fingerprint density at radius 3 is 2.65 bits per heavy atom. The van der Waals surface area contributed by atoms with Gasteiger partial charge in [0, 0.05) is 22.7 Å². The molecule has 2 heterocycles. The highest BCUT2D eigenvalue weighted by Crippen LogP contribution is 2.26. The van der Waals surface area contributed by atoms with E-state index in [1.54, 1.807) is 6.07 Å². The number of hydrogen-bond donors (Lipinski definition) is 0. The minimum Gasteiger partial charge on any atom is -0.258 e. The van der Waals surface area contributed by atoms with Crippen molar-refractivity contribution in [2.45, 2.75) is 6.92 Å². The fraction of sp³-hybridized carbons (Fsp3) is 0.0667. The third kappa shape index (κ3) is 2.09. The third-order valence-electron chi connectivity index (χ3n) is 3.09. The highest BCUT2D eigenvalue weighted by molar-refractivity contribution is 5.92. The van der Waals surface area contributed by atoms with E-state index in [0.29, 0.717) is 5.69 Å². The van der Waals surface area contributed by atoms with E-state index < -0.39 is 4.92 Å². The van der Waals surface area contributed by atoms with Crippen molar-refractivity contribution in [3.63, 3.8) is 0 Å². The third-order valence-corrected chi connectivity index (χ3v) is 3.09. The Kier molecular flexibility index (Phi) is 2.87. The Hall–Kier alpha value is -2.82. The second kappa shape index (κ2) is 4.70. The quantitative estimate of drug-likeness (QED) is 0.525. The van der Waals surface area contributed by atoms with E-state index in [2.05, 4.69) is 9.97 Å². The molecule has 0 radical (unpaired) electrons. The van der Waals surface area contributed by atoms with E-state index in [1.165, 1.54) is 12.3 Å². The summed E-state index contributed by atoms with van der Waals surface area (Å²) >= 11 is 0. The van der Waals surface area contributed by atoms with E-state index >= 15 is 0 Å². The van der Waals surface area contributed by atoms with Crippen molar-refractivity contribution in [2.75, 3.05) is 0 Å². The number of aromatic nitrogens is 2. The van der Waals surface area contributed by atoms with Crippen molar-refractivity contribution in [1.29, 1.82) is 0 Å². The Morgan fingerprint density at radius 1 is 1.10 bits per heavy atom. The predicted octanol–water partition coefficient (Wildman–Crippen LogP) is 3.51. The zero-order chi connectivity index (χ0) is 14.1. The Morgan fingerprint density at radius 2 is 1.95 bits per heavy atom. The van der Waals surface area contributed by atoms with E-state index in [1.807, 2.05) is 37.3 Å². The van der Waals surface area contributed by atoms with Crippen molar-refractivity contribution in [3.05, 3.63) is 64.5 Å². The van der Waals surface area contributed by atoms with Crippen LogP contribution >= 0.6 is 0 Å². The molecule has 0 saturated heterocycles. The molecule has 0 saturated carbocycles. The van der Waals surface area contributed by atoms with Gasteiger partial charge in [-0.1, -0.05) is 24.3 Å². The second-order valence-corrected chi connectivity index (χ2v) is 4.49.